The lowest BCUT2D eigenvalue weighted by Gasteiger charge is -2.20. The van der Waals surface area contributed by atoms with Gasteiger partial charge in [-0.2, -0.15) is 0 Å². The van der Waals surface area contributed by atoms with Gasteiger partial charge >= 0.3 is 0 Å². The third kappa shape index (κ3) is 3.69. The van der Waals surface area contributed by atoms with E-state index in [-0.39, 0.29) is 11.3 Å². The normalized spacial score (nSPS) is 15.2. The molecule has 0 unspecified atom stereocenters. The van der Waals surface area contributed by atoms with Gasteiger partial charge in [-0.15, -0.1) is 0 Å². The highest BCUT2D eigenvalue weighted by Crippen LogP contribution is 2.24. The van der Waals surface area contributed by atoms with E-state index in [4.69, 9.17) is 0 Å². The molecule has 1 amide bonds. The number of nitrogens with one attached hydrogen (secondary N) is 2. The fourth-order valence-corrected chi connectivity index (χ4v) is 1.81. The number of carbonyl (C=O) groups is 1. The Kier molecular flexibility index (Phi) is 3.78. The highest BCUT2D eigenvalue weighted by Gasteiger charge is 2.25. The van der Waals surface area contributed by atoms with Gasteiger partial charge in [0.05, 0.1) is 0 Å². The van der Waals surface area contributed by atoms with Crippen LogP contribution in [0, 0.1) is 0 Å². The summed E-state index contributed by atoms with van der Waals surface area (Å²) in [6, 6.07) is 4.11. The maximum Gasteiger partial charge on any atom is 0.251 e. The highest BCUT2D eigenvalue weighted by molar-refractivity contribution is 5.95. The second kappa shape index (κ2) is 5.19. The molecule has 1 heterocycles. The molecule has 1 fully saturated rings. The van der Waals surface area contributed by atoms with Gasteiger partial charge in [-0.05, 0) is 31.9 Å². The fraction of sp³-hybridized carbons (Fsp3) is 0.600. The zero-order valence-electron chi connectivity index (χ0n) is 12.2. The lowest BCUT2D eigenvalue weighted by Crippen LogP contribution is -2.26. The van der Waals surface area contributed by atoms with E-state index < -0.39 is 0 Å². The zero-order valence-corrected chi connectivity index (χ0v) is 12.2. The maximum absolute atomic E-state index is 12.2. The molecule has 1 aromatic heterocycles. The van der Waals surface area contributed by atoms with E-state index in [2.05, 4.69) is 36.4 Å². The summed E-state index contributed by atoms with van der Waals surface area (Å²) in [6.45, 7) is 9.13. The van der Waals surface area contributed by atoms with Crippen molar-refractivity contribution in [1.82, 2.24) is 10.3 Å². The predicted molar refractivity (Wildman–Crippen MR) is 77.6 cm³/mol. The second-order valence-electron chi connectivity index (χ2n) is 6.15. The first kappa shape index (κ1) is 13.8. The molecular formula is C15H23N3O. The topological polar surface area (TPSA) is 54.0 Å². The molecule has 0 radical (unpaired) electrons. The minimum absolute atomic E-state index is 0.00885. The summed E-state index contributed by atoms with van der Waals surface area (Å²) in [7, 11) is 0. The van der Waals surface area contributed by atoms with Crippen LogP contribution in [-0.4, -0.2) is 23.5 Å². The van der Waals surface area contributed by atoms with Crippen molar-refractivity contribution in [2.75, 3.05) is 11.9 Å². The number of rotatable bonds is 4. The minimum Gasteiger partial charge on any atom is -0.370 e. The number of carbonyl (C=O) groups excluding carboxylic acids is 1. The highest BCUT2D eigenvalue weighted by atomic mass is 16.1. The number of anilines is 1. The van der Waals surface area contributed by atoms with Gasteiger partial charge in [-0.1, -0.05) is 20.8 Å². The molecule has 2 rings (SSSR count). The molecule has 1 aromatic rings. The van der Waals surface area contributed by atoms with E-state index in [1.807, 2.05) is 19.1 Å². The summed E-state index contributed by atoms with van der Waals surface area (Å²) in [5.74, 6) is 0.783. The molecule has 0 atom stereocenters. The van der Waals surface area contributed by atoms with E-state index in [0.29, 0.717) is 11.6 Å². The first-order valence-electron chi connectivity index (χ1n) is 6.97. The lowest BCUT2D eigenvalue weighted by atomic mass is 9.90. The molecule has 1 aliphatic carbocycles. The Hall–Kier alpha value is -1.58. The monoisotopic (exact) mass is 261 g/mol. The molecule has 1 aliphatic rings. The Bertz CT molecular complexity index is 473. The Morgan fingerprint density at radius 3 is 2.58 bits per heavy atom. The van der Waals surface area contributed by atoms with Crippen molar-refractivity contribution in [3.05, 3.63) is 23.4 Å². The van der Waals surface area contributed by atoms with Crippen molar-refractivity contribution in [3.8, 4) is 0 Å². The van der Waals surface area contributed by atoms with Gasteiger partial charge in [-0.3, -0.25) is 4.79 Å². The molecule has 1 saturated carbocycles. The molecule has 0 bridgehead atoms. The average molecular weight is 261 g/mol. The fourth-order valence-electron chi connectivity index (χ4n) is 1.81. The molecule has 2 N–H and O–H groups in total. The van der Waals surface area contributed by atoms with Gasteiger partial charge in [0.25, 0.3) is 5.91 Å². The third-order valence-electron chi connectivity index (χ3n) is 3.13. The number of aromatic nitrogens is 1. The van der Waals surface area contributed by atoms with Crippen molar-refractivity contribution >= 4 is 11.7 Å². The molecule has 0 aliphatic heterocycles. The van der Waals surface area contributed by atoms with Crippen LogP contribution in [0.15, 0.2) is 12.1 Å². The predicted octanol–water partition coefficient (Wildman–Crippen LogP) is 2.70. The maximum atomic E-state index is 12.2. The van der Waals surface area contributed by atoms with Crippen molar-refractivity contribution in [2.45, 2.75) is 52.0 Å². The van der Waals surface area contributed by atoms with Crippen molar-refractivity contribution in [3.63, 3.8) is 0 Å². The summed E-state index contributed by atoms with van der Waals surface area (Å²) in [6.07, 6.45) is 2.20. The Morgan fingerprint density at radius 2 is 2.05 bits per heavy atom. The van der Waals surface area contributed by atoms with Crippen LogP contribution in [0.25, 0.3) is 0 Å². The SMILES string of the molecule is CCNc1cc(C(=O)NC2CC2)cc(C(C)(C)C)n1. The molecule has 0 aromatic carbocycles. The van der Waals surface area contributed by atoms with Gasteiger partial charge in [-0.25, -0.2) is 4.98 Å². The molecule has 19 heavy (non-hydrogen) atoms. The quantitative estimate of drug-likeness (QED) is 0.876. The first-order chi connectivity index (χ1) is 8.90. The van der Waals surface area contributed by atoms with Crippen LogP contribution < -0.4 is 10.6 Å². The van der Waals surface area contributed by atoms with Crippen LogP contribution in [0.2, 0.25) is 0 Å². The molecule has 0 saturated heterocycles. The van der Waals surface area contributed by atoms with E-state index in [1.54, 1.807) is 0 Å². The minimum atomic E-state index is -0.0694. The van der Waals surface area contributed by atoms with Crippen LogP contribution in [0.4, 0.5) is 5.82 Å². The van der Waals surface area contributed by atoms with Crippen LogP contribution in [0.1, 0.15) is 56.6 Å². The summed E-state index contributed by atoms with van der Waals surface area (Å²) in [5.41, 5.74) is 1.56. The van der Waals surface area contributed by atoms with Gasteiger partial charge < -0.3 is 10.6 Å². The van der Waals surface area contributed by atoms with Gasteiger partial charge in [0.15, 0.2) is 0 Å². The van der Waals surface area contributed by atoms with E-state index in [1.165, 1.54) is 0 Å². The number of pyridine rings is 1. The summed E-state index contributed by atoms with van der Waals surface area (Å²) in [5, 5.41) is 6.22. The van der Waals surface area contributed by atoms with E-state index in [0.717, 1.165) is 30.9 Å². The third-order valence-corrected chi connectivity index (χ3v) is 3.13. The van der Waals surface area contributed by atoms with Crippen molar-refractivity contribution < 1.29 is 4.79 Å². The Labute approximate surface area is 115 Å². The lowest BCUT2D eigenvalue weighted by molar-refractivity contribution is 0.0951. The van der Waals surface area contributed by atoms with Crippen LogP contribution in [0.5, 0.6) is 0 Å². The van der Waals surface area contributed by atoms with Crippen LogP contribution in [-0.2, 0) is 5.41 Å². The summed E-state index contributed by atoms with van der Waals surface area (Å²) in [4.78, 5) is 16.7. The number of nitrogens with zero attached hydrogens (tertiary/aromatic N) is 1. The van der Waals surface area contributed by atoms with Gasteiger partial charge in [0.2, 0.25) is 0 Å². The number of amides is 1. The Balaban J connectivity index is 2.29. The summed E-state index contributed by atoms with van der Waals surface area (Å²) >= 11 is 0. The van der Waals surface area contributed by atoms with Gasteiger partial charge in [0, 0.05) is 29.3 Å². The first-order valence-corrected chi connectivity index (χ1v) is 6.97. The molecule has 4 heteroatoms. The Morgan fingerprint density at radius 1 is 1.37 bits per heavy atom. The molecule has 0 spiro atoms. The van der Waals surface area contributed by atoms with Crippen LogP contribution >= 0.6 is 0 Å². The smallest absolute Gasteiger partial charge is 0.251 e. The van der Waals surface area contributed by atoms with Gasteiger partial charge in [0.1, 0.15) is 5.82 Å². The standard InChI is InChI=1S/C15H23N3O/c1-5-16-13-9-10(14(19)17-11-6-7-11)8-12(18-13)15(2,3)4/h8-9,11H,5-7H2,1-4H3,(H,16,18)(H,17,19). The second-order valence-corrected chi connectivity index (χ2v) is 6.15. The average Bonchev–Trinajstić information content (AvgIpc) is 3.12. The summed E-state index contributed by atoms with van der Waals surface area (Å²) < 4.78 is 0. The van der Waals surface area contributed by atoms with Crippen molar-refractivity contribution in [1.29, 1.82) is 0 Å². The number of hydrogen-bond donors (Lipinski definition) is 2. The number of hydrogen-bond acceptors (Lipinski definition) is 3. The largest absolute Gasteiger partial charge is 0.370 e. The van der Waals surface area contributed by atoms with Crippen LogP contribution in [0.3, 0.4) is 0 Å². The molecule has 104 valence electrons. The van der Waals surface area contributed by atoms with Crippen molar-refractivity contribution in [2.24, 2.45) is 0 Å². The molecular weight excluding hydrogens is 238 g/mol. The molecule has 4 nitrogen and oxygen atoms in total. The van der Waals surface area contributed by atoms with E-state index >= 15 is 0 Å². The zero-order chi connectivity index (χ0) is 14.0. The van der Waals surface area contributed by atoms with E-state index in [9.17, 15) is 4.79 Å².